The Bertz CT molecular complexity index is 542. The Labute approximate surface area is 110 Å². The minimum atomic E-state index is 0.0219. The summed E-state index contributed by atoms with van der Waals surface area (Å²) in [6, 6.07) is 5.27. The van der Waals surface area contributed by atoms with Gasteiger partial charge in [-0.1, -0.05) is 11.6 Å². The van der Waals surface area contributed by atoms with Gasteiger partial charge in [-0.3, -0.25) is 0 Å². The number of nitrogen functional groups attached to an aromatic ring is 1. The summed E-state index contributed by atoms with van der Waals surface area (Å²) >= 11 is 6.15. The molecule has 0 fully saturated rings. The number of hydrogen-bond acceptors (Lipinski definition) is 5. The lowest BCUT2D eigenvalue weighted by molar-refractivity contribution is 0.156. The molecular weight excluding hydrogens is 254 g/mol. The van der Waals surface area contributed by atoms with Crippen LogP contribution in [0.3, 0.4) is 0 Å². The van der Waals surface area contributed by atoms with Crippen LogP contribution in [0.1, 0.15) is 13.0 Å². The summed E-state index contributed by atoms with van der Waals surface area (Å²) < 4.78 is 6.78. The Morgan fingerprint density at radius 2 is 2.28 bits per heavy atom. The number of nitrogens with zero attached hydrogens (tertiary/aromatic N) is 4. The molecule has 0 saturated carbocycles. The molecular formula is C11H14ClN5O. The molecule has 0 aliphatic carbocycles. The average molecular weight is 268 g/mol. The van der Waals surface area contributed by atoms with E-state index in [2.05, 4.69) is 15.5 Å². The number of benzene rings is 1. The van der Waals surface area contributed by atoms with Gasteiger partial charge in [-0.15, -0.1) is 5.10 Å². The fourth-order valence-corrected chi connectivity index (χ4v) is 1.97. The molecule has 1 unspecified atom stereocenters. The lowest BCUT2D eigenvalue weighted by Crippen LogP contribution is -2.14. The van der Waals surface area contributed by atoms with E-state index in [-0.39, 0.29) is 6.04 Å². The summed E-state index contributed by atoms with van der Waals surface area (Å²) in [5.74, 6) is 0.601. The minimum absolute atomic E-state index is 0.0219. The van der Waals surface area contributed by atoms with Crippen molar-refractivity contribution in [2.24, 2.45) is 0 Å². The van der Waals surface area contributed by atoms with E-state index in [1.165, 1.54) is 0 Å². The van der Waals surface area contributed by atoms with Crippen LogP contribution in [0.25, 0.3) is 11.4 Å². The van der Waals surface area contributed by atoms with E-state index in [9.17, 15) is 0 Å². The van der Waals surface area contributed by atoms with Crippen LogP contribution in [0.15, 0.2) is 18.2 Å². The first-order valence-electron chi connectivity index (χ1n) is 5.45. The number of hydrogen-bond donors (Lipinski definition) is 1. The molecule has 2 rings (SSSR count). The zero-order valence-corrected chi connectivity index (χ0v) is 10.9. The molecule has 0 spiro atoms. The third-order valence-corrected chi connectivity index (χ3v) is 2.86. The Morgan fingerprint density at radius 3 is 2.94 bits per heavy atom. The molecule has 1 aromatic heterocycles. The maximum atomic E-state index is 6.15. The molecule has 1 aromatic carbocycles. The van der Waals surface area contributed by atoms with Crippen molar-refractivity contribution in [3.8, 4) is 11.4 Å². The summed E-state index contributed by atoms with van der Waals surface area (Å²) in [7, 11) is 1.64. The van der Waals surface area contributed by atoms with Crippen LogP contribution in [0.4, 0.5) is 5.69 Å². The second-order valence-electron chi connectivity index (χ2n) is 3.99. The van der Waals surface area contributed by atoms with E-state index >= 15 is 0 Å². The van der Waals surface area contributed by atoms with Crippen molar-refractivity contribution in [1.29, 1.82) is 0 Å². The van der Waals surface area contributed by atoms with Gasteiger partial charge in [0.25, 0.3) is 0 Å². The number of aromatic nitrogens is 4. The van der Waals surface area contributed by atoms with Crippen molar-refractivity contribution in [3.63, 3.8) is 0 Å². The van der Waals surface area contributed by atoms with Crippen LogP contribution in [-0.2, 0) is 4.74 Å². The lowest BCUT2D eigenvalue weighted by Gasteiger charge is -2.12. The first kappa shape index (κ1) is 12.8. The first-order valence-corrected chi connectivity index (χ1v) is 5.83. The average Bonchev–Trinajstić information content (AvgIpc) is 2.78. The van der Waals surface area contributed by atoms with Crippen LogP contribution in [0, 0.1) is 0 Å². The Balaban J connectivity index is 2.42. The largest absolute Gasteiger partial charge is 0.399 e. The molecule has 2 N–H and O–H groups in total. The quantitative estimate of drug-likeness (QED) is 0.855. The van der Waals surface area contributed by atoms with Crippen LogP contribution in [0.5, 0.6) is 0 Å². The van der Waals surface area contributed by atoms with Crippen molar-refractivity contribution in [2.45, 2.75) is 13.0 Å². The Hall–Kier alpha value is -1.66. The highest BCUT2D eigenvalue weighted by Gasteiger charge is 2.16. The third-order valence-electron chi connectivity index (χ3n) is 2.55. The summed E-state index contributed by atoms with van der Waals surface area (Å²) in [5, 5.41) is 12.2. The molecule has 0 amide bonds. The second kappa shape index (κ2) is 5.32. The lowest BCUT2D eigenvalue weighted by atomic mass is 10.2. The predicted octanol–water partition coefficient (Wildman–Crippen LogP) is 1.78. The summed E-state index contributed by atoms with van der Waals surface area (Å²) in [5.41, 5.74) is 7.02. The number of tetrazole rings is 1. The van der Waals surface area contributed by atoms with Crippen molar-refractivity contribution < 1.29 is 4.74 Å². The van der Waals surface area contributed by atoms with Gasteiger partial charge in [-0.05, 0) is 35.5 Å². The number of rotatable bonds is 4. The van der Waals surface area contributed by atoms with Gasteiger partial charge in [-0.2, -0.15) is 0 Å². The topological polar surface area (TPSA) is 78.8 Å². The zero-order valence-electron chi connectivity index (χ0n) is 10.2. The maximum Gasteiger partial charge on any atom is 0.183 e. The molecule has 0 aliphatic rings. The van der Waals surface area contributed by atoms with Gasteiger partial charge >= 0.3 is 0 Å². The minimum Gasteiger partial charge on any atom is -0.399 e. The number of halogens is 1. The Morgan fingerprint density at radius 1 is 1.50 bits per heavy atom. The molecule has 1 heterocycles. The van der Waals surface area contributed by atoms with Crippen LogP contribution < -0.4 is 5.73 Å². The van der Waals surface area contributed by atoms with Gasteiger partial charge in [0.2, 0.25) is 0 Å². The SMILES string of the molecule is COCC(C)n1nnnc1-c1ccc(N)cc1Cl. The van der Waals surface area contributed by atoms with E-state index in [1.54, 1.807) is 30.0 Å². The van der Waals surface area contributed by atoms with Crippen molar-refractivity contribution in [1.82, 2.24) is 20.2 Å². The van der Waals surface area contributed by atoms with Gasteiger partial charge < -0.3 is 10.5 Å². The van der Waals surface area contributed by atoms with E-state index in [1.807, 2.05) is 6.92 Å². The highest BCUT2D eigenvalue weighted by Crippen LogP contribution is 2.28. The molecule has 0 bridgehead atoms. The standard InChI is InChI=1S/C11H14ClN5O/c1-7(6-18-2)17-11(14-15-16-17)9-4-3-8(13)5-10(9)12/h3-5,7H,6,13H2,1-2H3. The fraction of sp³-hybridized carbons (Fsp3) is 0.364. The van der Waals surface area contributed by atoms with Gasteiger partial charge in [0.15, 0.2) is 5.82 Å². The summed E-state index contributed by atoms with van der Waals surface area (Å²) in [6.45, 7) is 2.49. The third kappa shape index (κ3) is 2.44. The van der Waals surface area contributed by atoms with Crippen LogP contribution in [0.2, 0.25) is 5.02 Å². The molecule has 0 radical (unpaired) electrons. The number of methoxy groups -OCH3 is 1. The van der Waals surface area contributed by atoms with Gasteiger partial charge in [-0.25, -0.2) is 4.68 Å². The highest BCUT2D eigenvalue weighted by molar-refractivity contribution is 6.33. The number of anilines is 1. The van der Waals surface area contributed by atoms with E-state index < -0.39 is 0 Å². The second-order valence-corrected chi connectivity index (χ2v) is 4.40. The van der Waals surface area contributed by atoms with Crippen molar-refractivity contribution >= 4 is 17.3 Å². The molecule has 0 saturated heterocycles. The molecule has 6 nitrogen and oxygen atoms in total. The molecule has 7 heteroatoms. The number of ether oxygens (including phenoxy) is 1. The normalized spacial score (nSPS) is 12.6. The molecule has 18 heavy (non-hydrogen) atoms. The van der Waals surface area contributed by atoms with E-state index in [0.29, 0.717) is 23.1 Å². The fourth-order valence-electron chi connectivity index (χ4n) is 1.69. The van der Waals surface area contributed by atoms with E-state index in [0.717, 1.165) is 5.56 Å². The maximum absolute atomic E-state index is 6.15. The Kier molecular flexibility index (Phi) is 3.78. The summed E-state index contributed by atoms with van der Waals surface area (Å²) in [4.78, 5) is 0. The van der Waals surface area contributed by atoms with E-state index in [4.69, 9.17) is 22.1 Å². The van der Waals surface area contributed by atoms with Crippen molar-refractivity contribution in [2.75, 3.05) is 19.5 Å². The molecule has 1 atom stereocenters. The van der Waals surface area contributed by atoms with Crippen LogP contribution >= 0.6 is 11.6 Å². The van der Waals surface area contributed by atoms with Gasteiger partial charge in [0.1, 0.15) is 0 Å². The molecule has 0 aliphatic heterocycles. The smallest absolute Gasteiger partial charge is 0.183 e. The number of nitrogens with two attached hydrogens (primary N) is 1. The monoisotopic (exact) mass is 267 g/mol. The summed E-state index contributed by atoms with van der Waals surface area (Å²) in [6.07, 6.45) is 0. The van der Waals surface area contributed by atoms with Gasteiger partial charge in [0.05, 0.1) is 17.7 Å². The zero-order chi connectivity index (χ0) is 13.1. The first-order chi connectivity index (χ1) is 8.63. The predicted molar refractivity (Wildman–Crippen MR) is 69.3 cm³/mol. The van der Waals surface area contributed by atoms with Gasteiger partial charge in [0, 0.05) is 18.4 Å². The molecule has 2 aromatic rings. The van der Waals surface area contributed by atoms with Crippen molar-refractivity contribution in [3.05, 3.63) is 23.2 Å². The highest BCUT2D eigenvalue weighted by atomic mass is 35.5. The molecule has 96 valence electrons. The van der Waals surface area contributed by atoms with Crippen LogP contribution in [-0.4, -0.2) is 33.9 Å².